The highest BCUT2D eigenvalue weighted by Gasteiger charge is 2.21. The number of H-pyrrole nitrogens is 1. The maximum atomic E-state index is 11.7. The van der Waals surface area contributed by atoms with Gasteiger partial charge in [-0.25, -0.2) is 4.79 Å². The third-order valence-electron chi connectivity index (χ3n) is 5.34. The number of aromatic amines is 1. The van der Waals surface area contributed by atoms with Gasteiger partial charge in [0.2, 0.25) is 0 Å². The number of alkyl carbamates (subject to hydrolysis) is 1. The lowest BCUT2D eigenvalue weighted by Gasteiger charge is -2.12. The number of rotatable bonds is 4. The van der Waals surface area contributed by atoms with Crippen LogP contribution in [0.25, 0.3) is 22.2 Å². The average Bonchev–Trinajstić information content (AvgIpc) is 3.44. The Bertz CT molecular complexity index is 1320. The minimum absolute atomic E-state index is 0.120. The molecule has 0 bridgehead atoms. The highest BCUT2D eigenvalue weighted by atomic mass is 16.5. The molecule has 0 spiro atoms. The topological polar surface area (TPSA) is 137 Å². The van der Waals surface area contributed by atoms with Crippen molar-refractivity contribution in [2.24, 2.45) is 0 Å². The zero-order valence-electron chi connectivity index (χ0n) is 17.8. The molecule has 1 unspecified atom stereocenters. The number of hydrogen-bond donors (Lipinski definition) is 4. The third-order valence-corrected chi connectivity index (χ3v) is 5.34. The highest BCUT2D eigenvalue weighted by Crippen LogP contribution is 2.38. The van der Waals surface area contributed by atoms with E-state index in [0.29, 0.717) is 11.0 Å². The normalized spacial score (nSPS) is 12.2. The van der Waals surface area contributed by atoms with Crippen LogP contribution in [0.3, 0.4) is 0 Å². The lowest BCUT2D eigenvalue weighted by molar-refractivity contribution is -0.138. The average molecular weight is 446 g/mol. The molecule has 0 radical (unpaired) electrons. The van der Waals surface area contributed by atoms with Gasteiger partial charge in [0.05, 0.1) is 0 Å². The molecule has 5 rings (SSSR count). The standard InChI is InChI=1S/C18H17NO4.C6H5N3O/c1-11(17(20)21)19-18(22)23-10-13-6-4-8-15-14-7-3-2-5-12(14)9-16(13)15;10-5-3-1-2-4-6(5)8-9-7-4/h2-8,11H,9-10H2,1H3,(H,19,22)(H,20,21);1-3,10H,(H,7,8,9). The van der Waals surface area contributed by atoms with E-state index in [0.717, 1.165) is 17.5 Å². The van der Waals surface area contributed by atoms with E-state index in [1.54, 1.807) is 18.2 Å². The Labute approximate surface area is 189 Å². The number of carboxylic acids is 1. The summed E-state index contributed by atoms with van der Waals surface area (Å²) in [5, 5.41) is 30.1. The van der Waals surface area contributed by atoms with Crippen molar-refractivity contribution in [3.8, 4) is 16.9 Å². The molecule has 0 saturated carbocycles. The number of carbonyl (C=O) groups is 2. The summed E-state index contributed by atoms with van der Waals surface area (Å²) in [6, 6.07) is 18.2. The van der Waals surface area contributed by atoms with Crippen molar-refractivity contribution in [2.45, 2.75) is 26.0 Å². The minimum atomic E-state index is -1.10. The van der Waals surface area contributed by atoms with Crippen molar-refractivity contribution in [3.05, 3.63) is 77.4 Å². The summed E-state index contributed by atoms with van der Waals surface area (Å²) in [4.78, 5) is 22.4. The molecule has 1 amide bonds. The smallest absolute Gasteiger partial charge is 0.408 e. The minimum Gasteiger partial charge on any atom is -0.506 e. The Balaban J connectivity index is 0.000000214. The van der Waals surface area contributed by atoms with E-state index in [2.05, 4.69) is 38.9 Å². The molecule has 4 aromatic rings. The van der Waals surface area contributed by atoms with Crippen molar-refractivity contribution < 1.29 is 24.5 Å². The molecule has 0 aliphatic heterocycles. The fourth-order valence-corrected chi connectivity index (χ4v) is 3.64. The number of carboxylic acid groups (broad SMARTS) is 1. The summed E-state index contributed by atoms with van der Waals surface area (Å²) < 4.78 is 5.16. The van der Waals surface area contributed by atoms with Crippen molar-refractivity contribution in [3.63, 3.8) is 0 Å². The third kappa shape index (κ3) is 4.77. The number of nitrogens with zero attached hydrogens (tertiary/aromatic N) is 2. The maximum absolute atomic E-state index is 11.7. The van der Waals surface area contributed by atoms with Crippen LogP contribution in [-0.2, 0) is 22.6 Å². The molecule has 0 fully saturated rings. The van der Waals surface area contributed by atoms with Crippen LogP contribution in [-0.4, -0.2) is 43.7 Å². The Morgan fingerprint density at radius 2 is 1.82 bits per heavy atom. The molecule has 9 nitrogen and oxygen atoms in total. The van der Waals surface area contributed by atoms with Crippen molar-refractivity contribution in [1.82, 2.24) is 20.7 Å². The summed E-state index contributed by atoms with van der Waals surface area (Å²) >= 11 is 0. The Morgan fingerprint density at radius 1 is 1.06 bits per heavy atom. The molecule has 168 valence electrons. The van der Waals surface area contributed by atoms with Crippen molar-refractivity contribution in [2.75, 3.05) is 0 Å². The van der Waals surface area contributed by atoms with Gasteiger partial charge in [-0.15, -0.1) is 0 Å². The van der Waals surface area contributed by atoms with Crippen LogP contribution in [0.1, 0.15) is 23.6 Å². The number of para-hydroxylation sites is 1. The number of aromatic hydroxyl groups is 1. The number of amides is 1. The summed E-state index contributed by atoms with van der Waals surface area (Å²) in [5.74, 6) is -0.941. The quantitative estimate of drug-likeness (QED) is 0.331. The van der Waals surface area contributed by atoms with Crippen LogP contribution < -0.4 is 5.32 Å². The van der Waals surface area contributed by atoms with E-state index < -0.39 is 18.1 Å². The molecule has 1 atom stereocenters. The molecule has 9 heteroatoms. The molecule has 1 aliphatic rings. The molecular weight excluding hydrogens is 424 g/mol. The number of carbonyl (C=O) groups excluding carboxylic acids is 1. The van der Waals surface area contributed by atoms with Crippen LogP contribution >= 0.6 is 0 Å². The molecular formula is C24H22N4O5. The van der Waals surface area contributed by atoms with Crippen LogP contribution in [0.5, 0.6) is 5.75 Å². The van der Waals surface area contributed by atoms with Crippen molar-refractivity contribution in [1.29, 1.82) is 0 Å². The first-order valence-electron chi connectivity index (χ1n) is 10.3. The lowest BCUT2D eigenvalue weighted by atomic mass is 10.0. The van der Waals surface area contributed by atoms with Gasteiger partial charge in [0, 0.05) is 0 Å². The van der Waals surface area contributed by atoms with Crippen molar-refractivity contribution >= 4 is 23.1 Å². The summed E-state index contributed by atoms with van der Waals surface area (Å²) in [6.45, 7) is 1.51. The SMILES string of the molecule is CC(NC(=O)OCc1cccc2c1Cc1ccccc1-2)C(=O)O.Oc1cccc2n[nH]nc12. The monoisotopic (exact) mass is 446 g/mol. The van der Waals surface area contributed by atoms with E-state index in [4.69, 9.17) is 14.9 Å². The number of benzene rings is 3. The molecule has 0 saturated heterocycles. The van der Waals surface area contributed by atoms with Gasteiger partial charge in [-0.3, -0.25) is 4.79 Å². The number of aromatic nitrogens is 3. The number of nitrogens with one attached hydrogen (secondary N) is 2. The van der Waals surface area contributed by atoms with E-state index >= 15 is 0 Å². The fraction of sp³-hybridized carbons (Fsp3) is 0.167. The highest BCUT2D eigenvalue weighted by molar-refractivity contribution is 5.80. The van der Waals surface area contributed by atoms with Gasteiger partial charge in [0.15, 0.2) is 5.52 Å². The number of aliphatic carboxylic acids is 1. The lowest BCUT2D eigenvalue weighted by Crippen LogP contribution is -2.38. The summed E-state index contributed by atoms with van der Waals surface area (Å²) in [5.41, 5.74) is 6.94. The van der Waals surface area contributed by atoms with Crippen LogP contribution in [0.2, 0.25) is 0 Å². The first-order chi connectivity index (χ1) is 15.9. The summed E-state index contributed by atoms with van der Waals surface area (Å²) in [6.07, 6.45) is 0.0890. The fourth-order valence-electron chi connectivity index (χ4n) is 3.64. The zero-order valence-corrected chi connectivity index (χ0v) is 17.8. The van der Waals surface area contributed by atoms with Gasteiger partial charge in [0.1, 0.15) is 23.9 Å². The molecule has 4 N–H and O–H groups in total. The van der Waals surface area contributed by atoms with E-state index in [-0.39, 0.29) is 12.4 Å². The predicted molar refractivity (Wildman–Crippen MR) is 121 cm³/mol. The molecule has 1 heterocycles. The molecule has 1 aromatic heterocycles. The first-order valence-corrected chi connectivity index (χ1v) is 10.3. The van der Waals surface area contributed by atoms with Crippen LogP contribution in [0, 0.1) is 0 Å². The Morgan fingerprint density at radius 3 is 2.61 bits per heavy atom. The predicted octanol–water partition coefficient (Wildman–Crippen LogP) is 3.62. The molecule has 33 heavy (non-hydrogen) atoms. The number of ether oxygens (including phenoxy) is 1. The number of hydrogen-bond acceptors (Lipinski definition) is 6. The molecule has 3 aromatic carbocycles. The number of fused-ring (bicyclic) bond motifs is 4. The largest absolute Gasteiger partial charge is 0.506 e. The van der Waals surface area contributed by atoms with Gasteiger partial charge >= 0.3 is 12.1 Å². The second-order valence-corrected chi connectivity index (χ2v) is 7.53. The maximum Gasteiger partial charge on any atom is 0.408 e. The van der Waals surface area contributed by atoms with Gasteiger partial charge in [0.25, 0.3) is 0 Å². The first kappa shape index (κ1) is 21.8. The van der Waals surface area contributed by atoms with Crippen LogP contribution in [0.4, 0.5) is 4.79 Å². The van der Waals surface area contributed by atoms with E-state index in [9.17, 15) is 9.59 Å². The molecule has 1 aliphatic carbocycles. The van der Waals surface area contributed by atoms with E-state index in [1.165, 1.54) is 23.6 Å². The van der Waals surface area contributed by atoms with Crippen LogP contribution in [0.15, 0.2) is 60.7 Å². The summed E-state index contributed by atoms with van der Waals surface area (Å²) in [7, 11) is 0. The van der Waals surface area contributed by atoms with Gasteiger partial charge in [-0.05, 0) is 53.3 Å². The van der Waals surface area contributed by atoms with Gasteiger partial charge in [-0.1, -0.05) is 48.5 Å². The second kappa shape index (κ2) is 9.39. The Kier molecular flexibility index (Phi) is 6.21. The Hall–Kier alpha value is -4.40. The zero-order chi connectivity index (χ0) is 23.4. The van der Waals surface area contributed by atoms with E-state index in [1.807, 2.05) is 24.3 Å². The number of phenolic OH excluding ortho intramolecular Hbond substituents is 1. The number of phenols is 1. The second-order valence-electron chi connectivity index (χ2n) is 7.53. The van der Waals surface area contributed by atoms with Gasteiger partial charge < -0.3 is 20.3 Å². The van der Waals surface area contributed by atoms with Gasteiger partial charge in [-0.2, -0.15) is 15.4 Å².